The number of rotatable bonds is 7. The van der Waals surface area contributed by atoms with Gasteiger partial charge in [-0.05, 0) is 30.1 Å². The average Bonchev–Trinajstić information content (AvgIpc) is 3.38. The molecule has 0 N–H and O–H groups in total. The first-order valence-corrected chi connectivity index (χ1v) is 14.9. The molecule has 0 radical (unpaired) electrons. The Morgan fingerprint density at radius 3 is 2.74 bits per heavy atom. The topological polar surface area (TPSA) is 104 Å². The Morgan fingerprint density at radius 2 is 1.98 bits per heavy atom. The Morgan fingerprint density at radius 1 is 1.19 bits per heavy atom. The molecule has 224 valence electrons. The van der Waals surface area contributed by atoms with Crippen LogP contribution in [-0.2, 0) is 27.3 Å². The van der Waals surface area contributed by atoms with Crippen molar-refractivity contribution in [3.8, 4) is 12.1 Å². The number of benzene rings is 2. The summed E-state index contributed by atoms with van der Waals surface area (Å²) in [4.78, 5) is 28.4. The number of hydrogen-bond acceptors (Lipinski definition) is 9. The maximum atomic E-state index is 12.5. The van der Waals surface area contributed by atoms with E-state index in [1.165, 1.54) is 6.08 Å². The third kappa shape index (κ3) is 5.78. The molecule has 1 aromatic heterocycles. The third-order valence-electron chi connectivity index (χ3n) is 8.62. The minimum atomic E-state index is -0.296. The number of methoxy groups -OCH3 is 1. The summed E-state index contributed by atoms with van der Waals surface area (Å²) in [7, 11) is 3.72. The molecule has 0 spiro atoms. The van der Waals surface area contributed by atoms with E-state index >= 15 is 0 Å². The minimum Gasteiger partial charge on any atom is -0.456 e. The van der Waals surface area contributed by atoms with Crippen LogP contribution >= 0.6 is 11.6 Å². The molecule has 0 aliphatic carbocycles. The zero-order chi connectivity index (χ0) is 30.1. The van der Waals surface area contributed by atoms with Crippen molar-refractivity contribution >= 4 is 34.1 Å². The van der Waals surface area contributed by atoms with Crippen LogP contribution in [0.5, 0.6) is 6.01 Å². The highest BCUT2D eigenvalue weighted by molar-refractivity contribution is 6.35. The fraction of sp³-hybridized carbons (Fsp3) is 0.438. The van der Waals surface area contributed by atoms with E-state index in [4.69, 9.17) is 35.8 Å². The first-order valence-electron chi connectivity index (χ1n) is 14.5. The molecule has 43 heavy (non-hydrogen) atoms. The van der Waals surface area contributed by atoms with Gasteiger partial charge in [0.15, 0.2) is 0 Å². The first kappa shape index (κ1) is 29.3. The lowest BCUT2D eigenvalue weighted by Crippen LogP contribution is -2.55. The van der Waals surface area contributed by atoms with Crippen LogP contribution in [0.25, 0.3) is 10.8 Å². The summed E-state index contributed by atoms with van der Waals surface area (Å²) in [5.74, 6) is 0.535. The maximum Gasteiger partial charge on any atom is 0.319 e. The molecule has 3 aliphatic heterocycles. The second-order valence-electron chi connectivity index (χ2n) is 11.3. The van der Waals surface area contributed by atoms with Gasteiger partial charge in [-0.2, -0.15) is 15.2 Å². The number of halogens is 1. The number of aromatic nitrogens is 2. The Hall–Kier alpha value is -3.75. The number of anilines is 1. The van der Waals surface area contributed by atoms with Crippen molar-refractivity contribution in [2.75, 3.05) is 51.8 Å². The van der Waals surface area contributed by atoms with Crippen molar-refractivity contribution in [3.05, 3.63) is 70.9 Å². The highest BCUT2D eigenvalue weighted by atomic mass is 35.5. The molecule has 1 unspecified atom stereocenters. The maximum absolute atomic E-state index is 12.5. The van der Waals surface area contributed by atoms with Gasteiger partial charge in [0.1, 0.15) is 18.0 Å². The number of piperazine rings is 1. The van der Waals surface area contributed by atoms with E-state index in [-0.39, 0.29) is 42.7 Å². The molecule has 2 aromatic carbocycles. The lowest BCUT2D eigenvalue weighted by Gasteiger charge is -2.42. The number of carbonyl (C=O) groups is 1. The van der Waals surface area contributed by atoms with Crippen molar-refractivity contribution in [2.45, 2.75) is 43.8 Å². The number of likely N-dealkylation sites (N-methyl/N-ethyl adjacent to an activating group) is 1. The third-order valence-corrected chi connectivity index (χ3v) is 8.93. The summed E-state index contributed by atoms with van der Waals surface area (Å²) in [6.07, 6.45) is 1.44. The van der Waals surface area contributed by atoms with Gasteiger partial charge in [-0.15, -0.1) is 0 Å². The van der Waals surface area contributed by atoms with Crippen molar-refractivity contribution in [3.63, 3.8) is 0 Å². The number of amides is 1. The van der Waals surface area contributed by atoms with E-state index in [1.54, 1.807) is 12.0 Å². The van der Waals surface area contributed by atoms with E-state index in [0.717, 1.165) is 34.1 Å². The van der Waals surface area contributed by atoms with Crippen molar-refractivity contribution in [1.29, 1.82) is 5.26 Å². The van der Waals surface area contributed by atoms with Crippen LogP contribution in [0.15, 0.2) is 49.1 Å². The number of hydrogen-bond donors (Lipinski definition) is 0. The number of likely N-dealkylation sites (tertiary alicyclic amines) is 1. The summed E-state index contributed by atoms with van der Waals surface area (Å²) < 4.78 is 18.6. The molecule has 2 saturated heterocycles. The molecule has 3 aromatic rings. The molecular weight excluding hydrogens is 568 g/mol. The zero-order valence-corrected chi connectivity index (χ0v) is 25.2. The number of fused-ring (bicyclic) bond motifs is 2. The summed E-state index contributed by atoms with van der Waals surface area (Å²) in [6, 6.07) is 14.2. The van der Waals surface area contributed by atoms with Crippen molar-refractivity contribution in [2.24, 2.45) is 0 Å². The molecule has 4 heterocycles. The van der Waals surface area contributed by atoms with Crippen LogP contribution in [0, 0.1) is 11.3 Å². The van der Waals surface area contributed by atoms with Crippen LogP contribution < -0.4 is 9.64 Å². The SMILES string of the molecule is C=CC(=O)N1CCN(c2nc(O[C@@H]3CN(C)C[C@H]3OC)nc3c2COC(c2cccc4cccc(Cl)c24)C3)C[C@@H]1CC#N. The Bertz CT molecular complexity index is 1570. The Labute approximate surface area is 256 Å². The van der Waals surface area contributed by atoms with Gasteiger partial charge < -0.3 is 24.0 Å². The van der Waals surface area contributed by atoms with Gasteiger partial charge >= 0.3 is 6.01 Å². The molecule has 6 rings (SSSR count). The van der Waals surface area contributed by atoms with Gasteiger partial charge in [-0.1, -0.05) is 48.5 Å². The van der Waals surface area contributed by atoms with Gasteiger partial charge in [-0.25, -0.2) is 0 Å². The van der Waals surface area contributed by atoms with Gasteiger partial charge in [0.25, 0.3) is 0 Å². The van der Waals surface area contributed by atoms with Crippen LogP contribution in [-0.4, -0.2) is 90.8 Å². The lowest BCUT2D eigenvalue weighted by molar-refractivity contribution is -0.128. The molecule has 4 atom stereocenters. The lowest BCUT2D eigenvalue weighted by atomic mass is 9.94. The highest BCUT2D eigenvalue weighted by Gasteiger charge is 2.37. The first-order chi connectivity index (χ1) is 20.9. The molecule has 2 fully saturated rings. The van der Waals surface area contributed by atoms with Crippen LogP contribution in [0.4, 0.5) is 5.82 Å². The average molecular weight is 603 g/mol. The minimum absolute atomic E-state index is 0.101. The monoisotopic (exact) mass is 602 g/mol. The van der Waals surface area contributed by atoms with Crippen LogP contribution in [0.3, 0.4) is 0 Å². The molecule has 3 aliphatic rings. The summed E-state index contributed by atoms with van der Waals surface area (Å²) in [5.41, 5.74) is 2.75. The normalized spacial score (nSPS) is 24.0. The molecular formula is C32H35ClN6O4. The smallest absolute Gasteiger partial charge is 0.319 e. The van der Waals surface area contributed by atoms with Crippen LogP contribution in [0.1, 0.15) is 29.3 Å². The Balaban J connectivity index is 1.37. The second kappa shape index (κ2) is 12.5. The predicted octanol–water partition coefficient (Wildman–Crippen LogP) is 3.92. The fourth-order valence-electron chi connectivity index (χ4n) is 6.47. The molecule has 10 nitrogen and oxygen atoms in total. The molecule has 1 amide bonds. The number of carbonyl (C=O) groups excluding carboxylic acids is 1. The molecule has 0 saturated carbocycles. The standard InChI is InChI=1S/C32H35ClN6O4/c1-4-29(40)39-14-13-38(16-21(39)11-12-34)31-23-19-42-26(22-9-5-7-20-8-6-10-24(33)30(20)22)15-25(23)35-32(36-31)43-28-18-37(2)17-27(28)41-3/h4-10,21,26-28H,1,11,13-19H2,2-3H3/t21-,26?,27+,28+/m0/s1. The van der Waals surface area contributed by atoms with Gasteiger partial charge in [-0.3, -0.25) is 9.69 Å². The van der Waals surface area contributed by atoms with Gasteiger partial charge in [0, 0.05) is 62.2 Å². The van der Waals surface area contributed by atoms with Crippen LogP contribution in [0.2, 0.25) is 5.02 Å². The molecule has 0 bridgehead atoms. The number of nitriles is 1. The summed E-state index contributed by atoms with van der Waals surface area (Å²) in [5, 5.41) is 12.2. The quantitative estimate of drug-likeness (QED) is 0.372. The van der Waals surface area contributed by atoms with Crippen molar-refractivity contribution in [1.82, 2.24) is 19.8 Å². The van der Waals surface area contributed by atoms with E-state index in [2.05, 4.69) is 28.5 Å². The predicted molar refractivity (Wildman–Crippen MR) is 163 cm³/mol. The van der Waals surface area contributed by atoms with E-state index in [9.17, 15) is 10.1 Å². The zero-order valence-electron chi connectivity index (χ0n) is 24.4. The van der Waals surface area contributed by atoms with Gasteiger partial charge in [0.2, 0.25) is 5.91 Å². The number of ether oxygens (including phenoxy) is 3. The van der Waals surface area contributed by atoms with E-state index in [1.807, 2.05) is 37.4 Å². The molecule has 11 heteroatoms. The van der Waals surface area contributed by atoms with E-state index in [0.29, 0.717) is 50.0 Å². The Kier molecular flexibility index (Phi) is 8.50. The van der Waals surface area contributed by atoms with E-state index < -0.39 is 0 Å². The number of nitrogens with zero attached hydrogens (tertiary/aromatic N) is 6. The summed E-state index contributed by atoms with van der Waals surface area (Å²) >= 11 is 6.67. The summed E-state index contributed by atoms with van der Waals surface area (Å²) in [6.45, 7) is 6.83. The van der Waals surface area contributed by atoms with Gasteiger partial charge in [0.05, 0.1) is 36.9 Å². The highest BCUT2D eigenvalue weighted by Crippen LogP contribution is 2.39. The van der Waals surface area contributed by atoms with Crippen molar-refractivity contribution < 1.29 is 19.0 Å². The fourth-order valence-corrected chi connectivity index (χ4v) is 6.76. The largest absolute Gasteiger partial charge is 0.456 e. The second-order valence-corrected chi connectivity index (χ2v) is 11.7.